The van der Waals surface area contributed by atoms with Crippen LogP contribution in [0.5, 0.6) is 0 Å². The lowest BCUT2D eigenvalue weighted by molar-refractivity contribution is 0.0636. The van der Waals surface area contributed by atoms with Crippen LogP contribution in [0.4, 0.5) is 0 Å². The zero-order valence-corrected chi connectivity index (χ0v) is 16.2. The van der Waals surface area contributed by atoms with Crippen molar-refractivity contribution in [2.75, 3.05) is 32.7 Å². The molecule has 1 amide bonds. The van der Waals surface area contributed by atoms with Gasteiger partial charge in [0.15, 0.2) is 0 Å². The van der Waals surface area contributed by atoms with Crippen molar-refractivity contribution in [2.24, 2.45) is 0 Å². The van der Waals surface area contributed by atoms with Crippen molar-refractivity contribution in [1.29, 1.82) is 0 Å². The molecule has 1 N–H and O–H groups in total. The molecule has 28 heavy (non-hydrogen) atoms. The van der Waals surface area contributed by atoms with Crippen LogP contribution in [0.15, 0.2) is 39.5 Å². The second kappa shape index (κ2) is 7.59. The minimum Gasteiger partial charge on any atom is -0.466 e. The molecule has 1 saturated heterocycles. The average molecular weight is 380 g/mol. The Hall–Kier alpha value is -2.93. The van der Waals surface area contributed by atoms with Crippen molar-refractivity contribution in [3.8, 4) is 0 Å². The first-order valence-corrected chi connectivity index (χ1v) is 9.58. The van der Waals surface area contributed by atoms with E-state index in [2.05, 4.69) is 14.9 Å². The molecule has 1 aliphatic heterocycles. The van der Waals surface area contributed by atoms with E-state index in [0.29, 0.717) is 42.0 Å². The number of aromatic nitrogens is 2. The molecule has 2 aromatic heterocycles. The number of nitrogens with one attached hydrogen (secondary N) is 1. The summed E-state index contributed by atoms with van der Waals surface area (Å²) < 4.78 is 5.48. The molecular weight excluding hydrogens is 356 g/mol. The first-order chi connectivity index (χ1) is 13.5. The van der Waals surface area contributed by atoms with Crippen molar-refractivity contribution in [1.82, 2.24) is 19.8 Å². The molecule has 0 aliphatic carbocycles. The third kappa shape index (κ3) is 3.71. The van der Waals surface area contributed by atoms with Gasteiger partial charge in [-0.2, -0.15) is 0 Å². The van der Waals surface area contributed by atoms with Crippen LogP contribution in [0.25, 0.3) is 10.9 Å². The van der Waals surface area contributed by atoms with E-state index in [0.717, 1.165) is 30.9 Å². The van der Waals surface area contributed by atoms with Crippen LogP contribution >= 0.6 is 0 Å². The highest BCUT2D eigenvalue weighted by atomic mass is 16.3. The second-order valence-electron chi connectivity index (χ2n) is 7.24. The lowest BCUT2D eigenvalue weighted by atomic mass is 10.2. The molecule has 1 aromatic carbocycles. The maximum absolute atomic E-state index is 12.7. The van der Waals surface area contributed by atoms with Crippen LogP contribution in [-0.4, -0.2) is 58.4 Å². The Bertz CT molecular complexity index is 1060. The van der Waals surface area contributed by atoms with Gasteiger partial charge < -0.3 is 14.3 Å². The summed E-state index contributed by atoms with van der Waals surface area (Å²) in [6.45, 7) is 7.46. The molecule has 0 saturated carbocycles. The molecule has 0 bridgehead atoms. The van der Waals surface area contributed by atoms with Crippen LogP contribution in [0.3, 0.4) is 0 Å². The number of piperazine rings is 1. The third-order valence-corrected chi connectivity index (χ3v) is 5.26. The summed E-state index contributed by atoms with van der Waals surface area (Å²) >= 11 is 0. The number of furan rings is 1. The Balaban J connectivity index is 1.34. The number of H-pyrrole nitrogens is 1. The van der Waals surface area contributed by atoms with Gasteiger partial charge in [-0.05, 0) is 32.0 Å². The summed E-state index contributed by atoms with van der Waals surface area (Å²) in [7, 11) is 0. The molecule has 146 valence electrons. The molecule has 1 aliphatic rings. The number of carbonyl (C=O) groups excluding carboxylic acids is 1. The minimum atomic E-state index is -0.0956. The fraction of sp³-hybridized carbons (Fsp3) is 0.381. The lowest BCUT2D eigenvalue weighted by Gasteiger charge is -2.34. The summed E-state index contributed by atoms with van der Waals surface area (Å²) in [5.74, 6) is 2.17. The number of amides is 1. The van der Waals surface area contributed by atoms with Gasteiger partial charge in [-0.3, -0.25) is 14.5 Å². The Kier molecular flexibility index (Phi) is 5.00. The van der Waals surface area contributed by atoms with Crippen LogP contribution in [0, 0.1) is 13.8 Å². The molecular formula is C21H24N4O3. The number of rotatable bonds is 4. The maximum Gasteiger partial charge on any atom is 0.258 e. The number of nitrogens with zero attached hydrogens (tertiary/aromatic N) is 3. The van der Waals surface area contributed by atoms with Gasteiger partial charge in [0.05, 0.1) is 16.5 Å². The van der Waals surface area contributed by atoms with Gasteiger partial charge in [0.1, 0.15) is 17.3 Å². The standard InChI is InChI=1S/C21H24N4O3/c1-14-13-17(15(2)28-14)21(27)25-11-9-24(10-12-25)8-7-19-22-18-6-4-3-5-16(18)20(26)23-19/h3-6,13H,7-12H2,1-2H3,(H,22,23,26). The van der Waals surface area contributed by atoms with Crippen molar-refractivity contribution in [2.45, 2.75) is 20.3 Å². The molecule has 0 unspecified atom stereocenters. The minimum absolute atomic E-state index is 0.0366. The molecule has 0 radical (unpaired) electrons. The zero-order chi connectivity index (χ0) is 19.7. The van der Waals surface area contributed by atoms with E-state index >= 15 is 0 Å². The maximum atomic E-state index is 12.7. The average Bonchev–Trinajstić information content (AvgIpc) is 3.04. The molecule has 3 aromatic rings. The molecule has 1 fully saturated rings. The Morgan fingerprint density at radius 1 is 1.18 bits per heavy atom. The van der Waals surface area contributed by atoms with E-state index in [-0.39, 0.29) is 11.5 Å². The Morgan fingerprint density at radius 2 is 1.93 bits per heavy atom. The monoisotopic (exact) mass is 380 g/mol. The van der Waals surface area contributed by atoms with Gasteiger partial charge in [-0.25, -0.2) is 4.98 Å². The fourth-order valence-electron chi connectivity index (χ4n) is 3.71. The molecule has 0 spiro atoms. The number of benzene rings is 1. The predicted molar refractivity (Wildman–Crippen MR) is 107 cm³/mol. The summed E-state index contributed by atoms with van der Waals surface area (Å²) in [6, 6.07) is 9.18. The highest BCUT2D eigenvalue weighted by Crippen LogP contribution is 2.17. The second-order valence-corrected chi connectivity index (χ2v) is 7.24. The van der Waals surface area contributed by atoms with Gasteiger partial charge in [0, 0.05) is 39.1 Å². The van der Waals surface area contributed by atoms with Gasteiger partial charge >= 0.3 is 0 Å². The van der Waals surface area contributed by atoms with Crippen molar-refractivity contribution < 1.29 is 9.21 Å². The highest BCUT2D eigenvalue weighted by Gasteiger charge is 2.24. The van der Waals surface area contributed by atoms with E-state index in [1.807, 2.05) is 43.0 Å². The van der Waals surface area contributed by atoms with Gasteiger partial charge in [0.2, 0.25) is 0 Å². The smallest absolute Gasteiger partial charge is 0.258 e. The molecule has 3 heterocycles. The summed E-state index contributed by atoms with van der Waals surface area (Å²) in [5, 5.41) is 0.614. The largest absolute Gasteiger partial charge is 0.466 e. The summed E-state index contributed by atoms with van der Waals surface area (Å²) in [4.78, 5) is 36.5. The van der Waals surface area contributed by atoms with E-state index < -0.39 is 0 Å². The van der Waals surface area contributed by atoms with Gasteiger partial charge in [0.25, 0.3) is 11.5 Å². The number of aromatic amines is 1. The van der Waals surface area contributed by atoms with Crippen LogP contribution in [0.2, 0.25) is 0 Å². The van der Waals surface area contributed by atoms with E-state index in [9.17, 15) is 9.59 Å². The lowest BCUT2D eigenvalue weighted by Crippen LogP contribution is -2.49. The van der Waals surface area contributed by atoms with E-state index in [4.69, 9.17) is 4.42 Å². The normalized spacial score (nSPS) is 15.3. The topological polar surface area (TPSA) is 82.4 Å². The van der Waals surface area contributed by atoms with Crippen molar-refractivity contribution >= 4 is 16.8 Å². The van der Waals surface area contributed by atoms with Crippen LogP contribution in [0.1, 0.15) is 27.7 Å². The van der Waals surface area contributed by atoms with E-state index in [1.165, 1.54) is 0 Å². The number of hydrogen-bond acceptors (Lipinski definition) is 5. The number of carbonyl (C=O) groups is 1. The first kappa shape index (κ1) is 18.4. The van der Waals surface area contributed by atoms with Gasteiger partial charge in [-0.1, -0.05) is 12.1 Å². The number of aryl methyl sites for hydroxylation is 2. The van der Waals surface area contributed by atoms with Crippen LogP contribution < -0.4 is 5.56 Å². The zero-order valence-electron chi connectivity index (χ0n) is 16.2. The summed E-state index contributed by atoms with van der Waals surface area (Å²) in [6.07, 6.45) is 0.675. The van der Waals surface area contributed by atoms with E-state index in [1.54, 1.807) is 6.07 Å². The quantitative estimate of drug-likeness (QED) is 0.750. The van der Waals surface area contributed by atoms with Crippen LogP contribution in [-0.2, 0) is 6.42 Å². The molecule has 7 heteroatoms. The van der Waals surface area contributed by atoms with Crippen molar-refractivity contribution in [3.63, 3.8) is 0 Å². The fourth-order valence-corrected chi connectivity index (χ4v) is 3.71. The molecule has 0 atom stereocenters. The Labute approximate surface area is 163 Å². The first-order valence-electron chi connectivity index (χ1n) is 9.58. The SMILES string of the molecule is Cc1cc(C(=O)N2CCN(CCc3nc4ccccc4c(=O)[nH]3)CC2)c(C)o1. The number of para-hydroxylation sites is 1. The summed E-state index contributed by atoms with van der Waals surface area (Å²) in [5.41, 5.74) is 1.29. The third-order valence-electron chi connectivity index (χ3n) is 5.26. The predicted octanol–water partition coefficient (Wildman–Crippen LogP) is 2.13. The molecule has 4 rings (SSSR count). The van der Waals surface area contributed by atoms with Gasteiger partial charge in [-0.15, -0.1) is 0 Å². The number of hydrogen-bond donors (Lipinski definition) is 1. The van der Waals surface area contributed by atoms with Crippen molar-refractivity contribution in [3.05, 3.63) is 63.6 Å². The Morgan fingerprint density at radius 3 is 2.64 bits per heavy atom. The molecule has 7 nitrogen and oxygen atoms in total. The highest BCUT2D eigenvalue weighted by molar-refractivity contribution is 5.95. The number of fused-ring (bicyclic) bond motifs is 1.